The molecule has 5 nitrogen and oxygen atoms in total. The summed E-state index contributed by atoms with van der Waals surface area (Å²) in [5.74, 6) is 2.29. The van der Waals surface area contributed by atoms with E-state index in [1.54, 1.807) is 0 Å². The third-order valence-corrected chi connectivity index (χ3v) is 15.1. The monoisotopic (exact) mass is 580 g/mol. The van der Waals surface area contributed by atoms with Gasteiger partial charge in [-0.25, -0.2) is 9.69 Å². The lowest BCUT2D eigenvalue weighted by Crippen LogP contribution is -2.78. The van der Waals surface area contributed by atoms with E-state index in [4.69, 9.17) is 17.9 Å². The van der Waals surface area contributed by atoms with Gasteiger partial charge < -0.3 is 9.64 Å². The van der Waals surface area contributed by atoms with Gasteiger partial charge in [0.1, 0.15) is 11.5 Å². The molecule has 9 rings (SSSR count). The van der Waals surface area contributed by atoms with Crippen LogP contribution in [0.1, 0.15) is 47.8 Å². The van der Waals surface area contributed by atoms with Gasteiger partial charge >= 0.3 is 0 Å². The Morgan fingerprint density at radius 3 is 1.73 bits per heavy atom. The van der Waals surface area contributed by atoms with Crippen LogP contribution in [0.2, 0.25) is 0 Å². The van der Waals surface area contributed by atoms with Gasteiger partial charge in [0, 0.05) is 11.4 Å². The normalized spacial score (nSPS) is 18.9. The topological polar surface area (TPSA) is 45.0 Å². The van der Waals surface area contributed by atoms with Gasteiger partial charge in [-0.2, -0.15) is 5.26 Å². The molecule has 0 saturated heterocycles. The van der Waals surface area contributed by atoms with Crippen LogP contribution in [0.15, 0.2) is 97.1 Å². The van der Waals surface area contributed by atoms with Gasteiger partial charge in [-0.15, -0.1) is 0 Å². The molecule has 2 bridgehead atoms. The maximum atomic E-state index is 10.8. The summed E-state index contributed by atoms with van der Waals surface area (Å²) >= 11 is 0. The van der Waals surface area contributed by atoms with E-state index in [-0.39, 0.29) is 17.5 Å². The first-order valence-corrected chi connectivity index (χ1v) is 17.0. The van der Waals surface area contributed by atoms with Crippen molar-refractivity contribution in [1.29, 1.82) is 5.26 Å². The highest BCUT2D eigenvalue weighted by atomic mass is 28.3. The van der Waals surface area contributed by atoms with Crippen LogP contribution in [-0.4, -0.2) is 8.07 Å². The molecule has 5 aromatic rings. The fourth-order valence-electron chi connectivity index (χ4n) is 8.70. The summed E-state index contributed by atoms with van der Waals surface area (Å²) in [7, 11) is -2.90. The second-order valence-electron chi connectivity index (χ2n) is 12.0. The quantitative estimate of drug-likeness (QED) is 0.151. The molecule has 2 heterocycles. The number of para-hydroxylation sites is 4. The molecule has 206 valence electrons. The van der Waals surface area contributed by atoms with Gasteiger partial charge in [0.05, 0.1) is 30.5 Å². The standard InChI is InChI=1S/C38H24N4OSi/c1-40-36-25(22-39)38(35-24-20-19-23(21-24)34(35)37(36)41-2)42-26-11-3-7-15-30(26)44(31-16-8-4-12-27(31)42)32-17-9-5-13-28(32)43-29-14-6-10-18-33(29)44/h3-18,23-24H,19-21H2. The molecular weight excluding hydrogens is 557 g/mol. The van der Waals surface area contributed by atoms with Crippen molar-refractivity contribution in [3.8, 4) is 17.6 Å². The molecule has 4 aliphatic rings. The molecule has 44 heavy (non-hydrogen) atoms. The zero-order valence-electron chi connectivity index (χ0n) is 23.7. The first kappa shape index (κ1) is 24.9. The maximum Gasteiger partial charge on any atom is 0.214 e. The van der Waals surface area contributed by atoms with Gasteiger partial charge in [0.25, 0.3) is 0 Å². The lowest BCUT2D eigenvalue weighted by atomic mass is 9.85. The van der Waals surface area contributed by atoms with Crippen molar-refractivity contribution in [2.24, 2.45) is 0 Å². The van der Waals surface area contributed by atoms with Crippen molar-refractivity contribution in [3.05, 3.63) is 137 Å². The smallest absolute Gasteiger partial charge is 0.214 e. The second-order valence-corrected chi connectivity index (χ2v) is 15.7. The number of hydrogen-bond acceptors (Lipinski definition) is 3. The number of benzene rings is 5. The molecule has 2 aliphatic carbocycles. The van der Waals surface area contributed by atoms with Crippen molar-refractivity contribution < 1.29 is 4.74 Å². The zero-order chi connectivity index (χ0) is 29.6. The van der Waals surface area contributed by atoms with Gasteiger partial charge in [0.15, 0.2) is 13.8 Å². The molecule has 5 aromatic carbocycles. The fourth-order valence-corrected chi connectivity index (χ4v) is 14.0. The van der Waals surface area contributed by atoms with Crippen LogP contribution in [0, 0.1) is 24.5 Å². The average Bonchev–Trinajstić information content (AvgIpc) is 3.70. The maximum absolute atomic E-state index is 10.8. The largest absolute Gasteiger partial charge is 0.458 e. The summed E-state index contributed by atoms with van der Waals surface area (Å²) in [6.45, 7) is 16.2. The number of nitriles is 1. The summed E-state index contributed by atoms with van der Waals surface area (Å²) in [4.78, 5) is 10.0. The lowest BCUT2D eigenvalue weighted by Gasteiger charge is -2.47. The molecule has 1 spiro atoms. The van der Waals surface area contributed by atoms with Crippen LogP contribution in [-0.2, 0) is 0 Å². The van der Waals surface area contributed by atoms with Crippen LogP contribution >= 0.6 is 0 Å². The van der Waals surface area contributed by atoms with Crippen LogP contribution in [0.25, 0.3) is 9.69 Å². The molecule has 2 atom stereocenters. The van der Waals surface area contributed by atoms with Crippen molar-refractivity contribution in [2.75, 3.05) is 4.90 Å². The molecule has 0 N–H and O–H groups in total. The number of hydrogen-bond donors (Lipinski definition) is 0. The fraction of sp³-hybridized carbons (Fsp3) is 0.132. The third kappa shape index (κ3) is 2.90. The van der Waals surface area contributed by atoms with E-state index in [2.05, 4.69) is 106 Å². The lowest BCUT2D eigenvalue weighted by molar-refractivity contribution is 0.487. The van der Waals surface area contributed by atoms with E-state index in [1.165, 1.54) is 20.7 Å². The molecule has 0 amide bonds. The van der Waals surface area contributed by atoms with E-state index in [9.17, 15) is 5.26 Å². The molecule has 1 fully saturated rings. The Balaban J connectivity index is 1.46. The summed E-state index contributed by atoms with van der Waals surface area (Å²) in [5, 5.41) is 15.6. The minimum atomic E-state index is -2.90. The van der Waals surface area contributed by atoms with Crippen LogP contribution in [0.4, 0.5) is 28.4 Å². The Hall–Kier alpha value is -5.61. The Labute approximate surface area is 256 Å². The molecule has 1 saturated carbocycles. The molecule has 0 radical (unpaired) electrons. The SMILES string of the molecule is [C-]#[N+]c1c(C#N)c(N2c3ccccc3[Si]3(c4ccccc4Oc4ccccc43)c3ccccc32)c2c(c1[N+]#[C-])C1CCC2C1. The first-order chi connectivity index (χ1) is 21.7. The highest BCUT2D eigenvalue weighted by molar-refractivity contribution is 7.22. The first-order valence-electron chi connectivity index (χ1n) is 15.0. The van der Waals surface area contributed by atoms with Gasteiger partial charge in [-0.05, 0) is 87.2 Å². The van der Waals surface area contributed by atoms with E-state index in [0.29, 0.717) is 11.3 Å². The summed E-state index contributed by atoms with van der Waals surface area (Å²) in [6.07, 6.45) is 3.04. The van der Waals surface area contributed by atoms with Gasteiger partial charge in [-0.1, -0.05) is 72.8 Å². The minimum Gasteiger partial charge on any atom is -0.458 e. The van der Waals surface area contributed by atoms with Crippen LogP contribution in [0.3, 0.4) is 0 Å². The molecule has 2 aliphatic heterocycles. The number of fused-ring (bicyclic) bond motifs is 13. The number of anilines is 3. The van der Waals surface area contributed by atoms with Crippen molar-refractivity contribution >= 4 is 57.3 Å². The van der Waals surface area contributed by atoms with Gasteiger partial charge in [0.2, 0.25) is 5.69 Å². The predicted octanol–water partition coefficient (Wildman–Crippen LogP) is 7.29. The van der Waals surface area contributed by atoms with Crippen LogP contribution < -0.4 is 30.4 Å². The highest BCUT2D eigenvalue weighted by Gasteiger charge is 2.54. The van der Waals surface area contributed by atoms with Gasteiger partial charge in [-0.3, -0.25) is 0 Å². The van der Waals surface area contributed by atoms with Crippen LogP contribution in [0.5, 0.6) is 11.5 Å². The molecule has 0 aromatic heterocycles. The molecular formula is C38H24N4OSi. The summed E-state index contributed by atoms with van der Waals surface area (Å²) in [5.41, 5.74) is 5.85. The van der Waals surface area contributed by atoms with E-state index >= 15 is 0 Å². The number of rotatable bonds is 1. The van der Waals surface area contributed by atoms with E-state index in [1.807, 2.05) is 12.1 Å². The summed E-state index contributed by atoms with van der Waals surface area (Å²) < 4.78 is 6.55. The van der Waals surface area contributed by atoms with Crippen molar-refractivity contribution in [3.63, 3.8) is 0 Å². The second kappa shape index (κ2) is 8.95. The third-order valence-electron chi connectivity index (χ3n) is 10.2. The summed E-state index contributed by atoms with van der Waals surface area (Å²) in [6, 6.07) is 36.5. The zero-order valence-corrected chi connectivity index (χ0v) is 24.7. The van der Waals surface area contributed by atoms with E-state index in [0.717, 1.165) is 59.0 Å². The number of ether oxygens (including phenoxy) is 1. The average molecular weight is 581 g/mol. The minimum absolute atomic E-state index is 0.193. The van der Waals surface area contributed by atoms with E-state index < -0.39 is 8.07 Å². The number of nitrogens with zero attached hydrogens (tertiary/aromatic N) is 4. The Kier molecular flexibility index (Phi) is 5.07. The van der Waals surface area contributed by atoms with Crippen molar-refractivity contribution in [2.45, 2.75) is 31.1 Å². The Morgan fingerprint density at radius 1 is 0.682 bits per heavy atom. The Bertz CT molecular complexity index is 2120. The predicted molar refractivity (Wildman–Crippen MR) is 175 cm³/mol. The van der Waals surface area contributed by atoms with Crippen molar-refractivity contribution in [1.82, 2.24) is 0 Å². The molecule has 6 heteroatoms. The Morgan fingerprint density at radius 2 is 1.18 bits per heavy atom. The molecule has 2 unspecified atom stereocenters. The highest BCUT2D eigenvalue weighted by Crippen LogP contribution is 2.63.